The number of hydrogen-bond donors (Lipinski definition) is 2. The maximum Gasteiger partial charge on any atom is 0.272 e. The Bertz CT molecular complexity index is 877. The van der Waals surface area contributed by atoms with Crippen LogP contribution in [0.2, 0.25) is 0 Å². The van der Waals surface area contributed by atoms with Crippen molar-refractivity contribution in [1.29, 1.82) is 0 Å². The summed E-state index contributed by atoms with van der Waals surface area (Å²) in [6, 6.07) is 16.6. The Labute approximate surface area is 146 Å². The lowest BCUT2D eigenvalue weighted by Crippen LogP contribution is -2.31. The number of carbonyl (C=O) groups excluding carboxylic acids is 2. The highest BCUT2D eigenvalue weighted by Gasteiger charge is 2.18. The summed E-state index contributed by atoms with van der Waals surface area (Å²) in [5.41, 5.74) is 2.38. The summed E-state index contributed by atoms with van der Waals surface area (Å²) >= 11 is 0. The van der Waals surface area contributed by atoms with Gasteiger partial charge in [0.25, 0.3) is 11.8 Å². The van der Waals surface area contributed by atoms with Gasteiger partial charge in [0.2, 0.25) is 0 Å². The molecule has 0 aliphatic carbocycles. The predicted octanol–water partition coefficient (Wildman–Crippen LogP) is 3.90. The topological polar surface area (TPSA) is 65.2 Å². The molecular formula is C20H21N3O2. The van der Waals surface area contributed by atoms with E-state index in [4.69, 9.17) is 0 Å². The highest BCUT2D eigenvalue weighted by molar-refractivity contribution is 6.09. The third-order valence-electron chi connectivity index (χ3n) is 4.23. The smallest absolute Gasteiger partial charge is 0.272 e. The summed E-state index contributed by atoms with van der Waals surface area (Å²) < 4.78 is 0. The highest BCUT2D eigenvalue weighted by Crippen LogP contribution is 2.20. The van der Waals surface area contributed by atoms with E-state index < -0.39 is 0 Å². The number of rotatable bonds is 5. The van der Waals surface area contributed by atoms with Gasteiger partial charge in [0.1, 0.15) is 5.69 Å². The maximum atomic E-state index is 12.7. The van der Waals surface area contributed by atoms with Crippen LogP contribution >= 0.6 is 0 Å². The van der Waals surface area contributed by atoms with Crippen molar-refractivity contribution >= 4 is 28.4 Å². The lowest BCUT2D eigenvalue weighted by Gasteiger charge is -2.20. The van der Waals surface area contributed by atoms with Crippen LogP contribution in [0.5, 0.6) is 0 Å². The molecule has 5 nitrogen and oxygen atoms in total. The minimum Gasteiger partial charge on any atom is -0.351 e. The van der Waals surface area contributed by atoms with E-state index in [1.165, 1.54) is 0 Å². The van der Waals surface area contributed by atoms with Crippen LogP contribution in [-0.4, -0.2) is 34.8 Å². The third-order valence-corrected chi connectivity index (χ3v) is 4.23. The molecule has 25 heavy (non-hydrogen) atoms. The molecule has 0 fully saturated rings. The number of amides is 2. The van der Waals surface area contributed by atoms with E-state index in [1.54, 1.807) is 35.2 Å². The monoisotopic (exact) mass is 335 g/mol. The van der Waals surface area contributed by atoms with Gasteiger partial charge in [-0.2, -0.15) is 0 Å². The number of hydrogen-bond acceptors (Lipinski definition) is 2. The molecule has 1 aromatic heterocycles. The molecule has 1 heterocycles. The van der Waals surface area contributed by atoms with Crippen LogP contribution in [0.15, 0.2) is 54.6 Å². The number of nitrogens with zero attached hydrogens (tertiary/aromatic N) is 1. The van der Waals surface area contributed by atoms with Crippen molar-refractivity contribution in [3.05, 3.63) is 65.9 Å². The summed E-state index contributed by atoms with van der Waals surface area (Å²) in [5, 5.41) is 3.83. The quantitative estimate of drug-likeness (QED) is 0.742. The van der Waals surface area contributed by atoms with Crippen LogP contribution in [-0.2, 0) is 0 Å². The second-order valence-corrected chi connectivity index (χ2v) is 5.75. The Morgan fingerprint density at radius 3 is 2.40 bits per heavy atom. The highest BCUT2D eigenvalue weighted by atomic mass is 16.2. The molecule has 0 saturated heterocycles. The van der Waals surface area contributed by atoms with Gasteiger partial charge in [-0.3, -0.25) is 9.59 Å². The van der Waals surface area contributed by atoms with E-state index in [0.29, 0.717) is 30.0 Å². The SMILES string of the molecule is CCN(CC)C(=O)c1ccccc1NC(=O)c1cc2ccccc2[nH]1. The Morgan fingerprint density at radius 1 is 1.00 bits per heavy atom. The van der Waals surface area contributed by atoms with Gasteiger partial charge >= 0.3 is 0 Å². The first kappa shape index (κ1) is 16.8. The number of benzene rings is 2. The zero-order chi connectivity index (χ0) is 17.8. The van der Waals surface area contributed by atoms with Gasteiger partial charge in [-0.1, -0.05) is 30.3 Å². The molecule has 2 aromatic carbocycles. The van der Waals surface area contributed by atoms with Crippen molar-refractivity contribution in [1.82, 2.24) is 9.88 Å². The molecule has 2 N–H and O–H groups in total. The standard InChI is InChI=1S/C20H21N3O2/c1-3-23(4-2)20(25)15-10-6-8-12-17(15)22-19(24)18-13-14-9-5-7-11-16(14)21-18/h5-13,21H,3-4H2,1-2H3,(H,22,24). The van der Waals surface area contributed by atoms with Crippen LogP contribution in [0.3, 0.4) is 0 Å². The van der Waals surface area contributed by atoms with Gasteiger partial charge in [-0.25, -0.2) is 0 Å². The van der Waals surface area contributed by atoms with E-state index in [9.17, 15) is 9.59 Å². The van der Waals surface area contributed by atoms with Gasteiger partial charge < -0.3 is 15.2 Å². The molecule has 0 atom stereocenters. The number of para-hydroxylation sites is 2. The van der Waals surface area contributed by atoms with Crippen molar-refractivity contribution in [2.24, 2.45) is 0 Å². The van der Waals surface area contributed by atoms with E-state index in [-0.39, 0.29) is 11.8 Å². The van der Waals surface area contributed by atoms with Crippen molar-refractivity contribution in [3.8, 4) is 0 Å². The number of aromatic nitrogens is 1. The predicted molar refractivity (Wildman–Crippen MR) is 99.9 cm³/mol. The summed E-state index contributed by atoms with van der Waals surface area (Å²) in [7, 11) is 0. The number of aromatic amines is 1. The molecular weight excluding hydrogens is 314 g/mol. The molecule has 0 radical (unpaired) electrons. The first-order chi connectivity index (χ1) is 12.1. The summed E-state index contributed by atoms with van der Waals surface area (Å²) in [6.45, 7) is 5.12. The van der Waals surface area contributed by atoms with Gasteiger partial charge in [0.15, 0.2) is 0 Å². The normalized spacial score (nSPS) is 10.6. The van der Waals surface area contributed by atoms with Gasteiger partial charge in [-0.05, 0) is 38.1 Å². The number of H-pyrrole nitrogens is 1. The Balaban J connectivity index is 1.87. The lowest BCUT2D eigenvalue weighted by molar-refractivity contribution is 0.0774. The molecule has 0 aliphatic rings. The molecule has 128 valence electrons. The molecule has 0 unspecified atom stereocenters. The van der Waals surface area contributed by atoms with E-state index >= 15 is 0 Å². The molecule has 3 aromatic rings. The van der Waals surface area contributed by atoms with Crippen LogP contribution in [0, 0.1) is 0 Å². The zero-order valence-electron chi connectivity index (χ0n) is 14.4. The average Bonchev–Trinajstić information content (AvgIpc) is 3.07. The summed E-state index contributed by atoms with van der Waals surface area (Å²) in [5.74, 6) is -0.353. The lowest BCUT2D eigenvalue weighted by atomic mass is 10.1. The van der Waals surface area contributed by atoms with Gasteiger partial charge in [0, 0.05) is 24.0 Å². The fourth-order valence-electron chi connectivity index (χ4n) is 2.85. The minimum atomic E-state index is -0.268. The molecule has 0 aliphatic heterocycles. The third kappa shape index (κ3) is 3.40. The van der Waals surface area contributed by atoms with Crippen molar-refractivity contribution in [2.75, 3.05) is 18.4 Å². The van der Waals surface area contributed by atoms with Crippen molar-refractivity contribution in [3.63, 3.8) is 0 Å². The summed E-state index contributed by atoms with van der Waals surface area (Å²) in [6.07, 6.45) is 0. The van der Waals surface area contributed by atoms with E-state index in [2.05, 4.69) is 10.3 Å². The number of anilines is 1. The number of nitrogens with one attached hydrogen (secondary N) is 2. The maximum absolute atomic E-state index is 12.7. The van der Waals surface area contributed by atoms with Crippen molar-refractivity contribution < 1.29 is 9.59 Å². The van der Waals surface area contributed by atoms with Crippen LogP contribution in [0.1, 0.15) is 34.7 Å². The van der Waals surface area contributed by atoms with Gasteiger partial charge in [-0.15, -0.1) is 0 Å². The Morgan fingerprint density at radius 2 is 1.68 bits per heavy atom. The number of fused-ring (bicyclic) bond motifs is 1. The molecule has 0 bridgehead atoms. The van der Waals surface area contributed by atoms with E-state index in [0.717, 1.165) is 10.9 Å². The second-order valence-electron chi connectivity index (χ2n) is 5.75. The fourth-order valence-corrected chi connectivity index (χ4v) is 2.85. The molecule has 0 spiro atoms. The minimum absolute atomic E-state index is 0.0856. The van der Waals surface area contributed by atoms with Crippen LogP contribution in [0.25, 0.3) is 10.9 Å². The summed E-state index contributed by atoms with van der Waals surface area (Å²) in [4.78, 5) is 30.1. The molecule has 3 rings (SSSR count). The van der Waals surface area contributed by atoms with E-state index in [1.807, 2.05) is 38.1 Å². The first-order valence-corrected chi connectivity index (χ1v) is 8.41. The molecule has 5 heteroatoms. The Hall–Kier alpha value is -3.08. The zero-order valence-corrected chi connectivity index (χ0v) is 14.4. The molecule has 2 amide bonds. The second kappa shape index (κ2) is 7.21. The average molecular weight is 335 g/mol. The van der Waals surface area contributed by atoms with Crippen molar-refractivity contribution in [2.45, 2.75) is 13.8 Å². The Kier molecular flexibility index (Phi) is 4.84. The number of carbonyl (C=O) groups is 2. The van der Waals surface area contributed by atoms with Crippen LogP contribution < -0.4 is 5.32 Å². The first-order valence-electron chi connectivity index (χ1n) is 8.41. The van der Waals surface area contributed by atoms with Gasteiger partial charge in [0.05, 0.1) is 11.3 Å². The van der Waals surface area contributed by atoms with Crippen LogP contribution in [0.4, 0.5) is 5.69 Å². The largest absolute Gasteiger partial charge is 0.351 e. The fraction of sp³-hybridized carbons (Fsp3) is 0.200. The molecule has 0 saturated carbocycles.